The van der Waals surface area contributed by atoms with Crippen molar-refractivity contribution in [2.24, 2.45) is 11.8 Å². The minimum absolute atomic E-state index is 0.0668. The second-order valence-corrected chi connectivity index (χ2v) is 7.80. The summed E-state index contributed by atoms with van der Waals surface area (Å²) in [5.41, 5.74) is 1.45. The molecule has 0 aromatic heterocycles. The lowest BCUT2D eigenvalue weighted by atomic mass is 9.63. The predicted octanol–water partition coefficient (Wildman–Crippen LogP) is 4.60. The van der Waals surface area contributed by atoms with Gasteiger partial charge in [0.25, 0.3) is 0 Å². The van der Waals surface area contributed by atoms with Gasteiger partial charge in [0.2, 0.25) is 0 Å². The fourth-order valence-corrected chi connectivity index (χ4v) is 4.28. The summed E-state index contributed by atoms with van der Waals surface area (Å²) < 4.78 is 6.26. The predicted molar refractivity (Wildman–Crippen MR) is 91.1 cm³/mol. The third kappa shape index (κ3) is 2.75. The molecule has 3 atom stereocenters. The van der Waals surface area contributed by atoms with Gasteiger partial charge in [0.15, 0.2) is 0 Å². The van der Waals surface area contributed by atoms with Gasteiger partial charge in [-0.05, 0) is 57.2 Å². The Balaban J connectivity index is 2.08. The zero-order chi connectivity index (χ0) is 16.8. The van der Waals surface area contributed by atoms with E-state index in [0.717, 1.165) is 43.2 Å². The van der Waals surface area contributed by atoms with Crippen LogP contribution in [0.3, 0.4) is 0 Å². The molecule has 23 heavy (non-hydrogen) atoms. The number of ketones is 1. The van der Waals surface area contributed by atoms with Crippen LogP contribution in [0, 0.1) is 11.8 Å². The van der Waals surface area contributed by atoms with Crippen LogP contribution in [-0.4, -0.2) is 16.5 Å². The minimum Gasteiger partial charge on any atom is -0.507 e. The molecule has 1 aliphatic carbocycles. The van der Waals surface area contributed by atoms with Crippen LogP contribution in [-0.2, 0) is 11.2 Å². The molecule has 0 saturated heterocycles. The van der Waals surface area contributed by atoms with E-state index >= 15 is 0 Å². The Labute approximate surface area is 139 Å². The molecule has 2 aliphatic rings. The Morgan fingerprint density at radius 3 is 2.74 bits per heavy atom. The van der Waals surface area contributed by atoms with Gasteiger partial charge in [-0.25, -0.2) is 0 Å². The largest absolute Gasteiger partial charge is 0.507 e. The Bertz CT molecular complexity index is 618. The molecule has 0 bridgehead atoms. The van der Waals surface area contributed by atoms with E-state index in [1.807, 2.05) is 19.1 Å². The Morgan fingerprint density at radius 1 is 1.30 bits per heavy atom. The summed E-state index contributed by atoms with van der Waals surface area (Å²) in [5.74, 6) is 1.20. The molecule has 3 rings (SSSR count). The van der Waals surface area contributed by atoms with Crippen LogP contribution in [0.5, 0.6) is 11.5 Å². The number of rotatable bonds is 3. The van der Waals surface area contributed by atoms with Crippen molar-refractivity contribution in [1.29, 1.82) is 0 Å². The molecule has 1 heterocycles. The van der Waals surface area contributed by atoms with Crippen LogP contribution in [0.4, 0.5) is 0 Å². The third-order valence-electron chi connectivity index (χ3n) is 5.68. The zero-order valence-electron chi connectivity index (χ0n) is 14.7. The zero-order valence-corrected chi connectivity index (χ0v) is 14.7. The van der Waals surface area contributed by atoms with Crippen molar-refractivity contribution in [2.45, 2.75) is 71.3 Å². The number of aromatic hydroxyl groups is 1. The fraction of sp³-hybridized carbons (Fsp3) is 0.650. The fourth-order valence-electron chi connectivity index (χ4n) is 4.28. The average molecular weight is 316 g/mol. The highest BCUT2D eigenvalue weighted by Crippen LogP contribution is 2.54. The van der Waals surface area contributed by atoms with Crippen LogP contribution in [0.15, 0.2) is 12.1 Å². The minimum atomic E-state index is -0.372. The van der Waals surface area contributed by atoms with Crippen LogP contribution in [0.25, 0.3) is 0 Å². The van der Waals surface area contributed by atoms with Gasteiger partial charge in [0.05, 0.1) is 5.92 Å². The molecule has 0 radical (unpaired) electrons. The van der Waals surface area contributed by atoms with E-state index < -0.39 is 0 Å². The van der Waals surface area contributed by atoms with E-state index in [9.17, 15) is 9.90 Å². The highest BCUT2D eigenvalue weighted by molar-refractivity contribution is 5.90. The lowest BCUT2D eigenvalue weighted by Crippen LogP contribution is -2.50. The lowest BCUT2D eigenvalue weighted by Gasteiger charge is -2.48. The van der Waals surface area contributed by atoms with Gasteiger partial charge in [0.1, 0.15) is 22.9 Å². The molecule has 0 spiro atoms. The molecule has 1 N–H and O–H groups in total. The molecule has 1 fully saturated rings. The van der Waals surface area contributed by atoms with Crippen molar-refractivity contribution in [3.05, 3.63) is 23.3 Å². The molecular formula is C20H28O3. The van der Waals surface area contributed by atoms with Crippen molar-refractivity contribution in [2.75, 3.05) is 0 Å². The van der Waals surface area contributed by atoms with Gasteiger partial charge < -0.3 is 9.84 Å². The van der Waals surface area contributed by atoms with E-state index in [2.05, 4.69) is 20.8 Å². The monoisotopic (exact) mass is 316 g/mol. The number of unbranched alkanes of at least 4 members (excludes halogenated alkanes) is 1. The average Bonchev–Trinajstić information content (AvgIpc) is 2.47. The highest BCUT2D eigenvalue weighted by Gasteiger charge is 2.51. The molecule has 3 unspecified atom stereocenters. The topological polar surface area (TPSA) is 46.5 Å². The number of hydrogen-bond donors (Lipinski definition) is 1. The number of Topliss-reactive ketones (excluding diaryl/α,β-unsaturated/α-hetero) is 1. The number of phenols is 1. The van der Waals surface area contributed by atoms with Gasteiger partial charge in [-0.3, -0.25) is 4.79 Å². The second kappa shape index (κ2) is 5.85. The van der Waals surface area contributed by atoms with Crippen LogP contribution in [0.1, 0.15) is 70.4 Å². The maximum Gasteiger partial charge on any atom is 0.143 e. The van der Waals surface area contributed by atoms with Gasteiger partial charge in [-0.1, -0.05) is 20.3 Å². The number of fused-ring (bicyclic) bond motifs is 3. The molecule has 1 saturated carbocycles. The first-order chi connectivity index (χ1) is 10.8. The summed E-state index contributed by atoms with van der Waals surface area (Å²) in [6.07, 6.45) is 5.02. The number of hydrogen-bond acceptors (Lipinski definition) is 3. The van der Waals surface area contributed by atoms with Gasteiger partial charge in [-0.15, -0.1) is 0 Å². The first-order valence-electron chi connectivity index (χ1n) is 8.93. The van der Waals surface area contributed by atoms with Gasteiger partial charge in [0, 0.05) is 17.4 Å². The number of carbonyl (C=O) groups excluding carboxylic acids is 1. The van der Waals surface area contributed by atoms with E-state index in [0.29, 0.717) is 5.75 Å². The lowest BCUT2D eigenvalue weighted by molar-refractivity contribution is -0.133. The van der Waals surface area contributed by atoms with Crippen molar-refractivity contribution in [3.63, 3.8) is 0 Å². The molecule has 1 aliphatic heterocycles. The highest BCUT2D eigenvalue weighted by atomic mass is 16.5. The Hall–Kier alpha value is -1.51. The van der Waals surface area contributed by atoms with Crippen LogP contribution >= 0.6 is 0 Å². The standard InChI is InChI=1S/C20H28O3/c1-5-6-7-13-10-15(21)18-16(11-13)23-20(3,4)14-9-8-12(2)19(22)17(14)18/h10-12,14,17,21H,5-9H2,1-4H3. The summed E-state index contributed by atoms with van der Waals surface area (Å²) in [5, 5.41) is 10.6. The Morgan fingerprint density at radius 2 is 2.04 bits per heavy atom. The quantitative estimate of drug-likeness (QED) is 0.886. The van der Waals surface area contributed by atoms with E-state index in [-0.39, 0.29) is 34.9 Å². The van der Waals surface area contributed by atoms with Gasteiger partial charge >= 0.3 is 0 Å². The SMILES string of the molecule is CCCCc1cc(O)c2c(c1)OC(C)(C)C1CCC(C)C(=O)C21. The maximum absolute atomic E-state index is 12.9. The van der Waals surface area contributed by atoms with E-state index in [1.165, 1.54) is 0 Å². The summed E-state index contributed by atoms with van der Waals surface area (Å²) in [6, 6.07) is 3.87. The smallest absolute Gasteiger partial charge is 0.143 e. The normalized spacial score (nSPS) is 28.7. The molecular weight excluding hydrogens is 288 g/mol. The number of aryl methyl sites for hydroxylation is 1. The number of benzene rings is 1. The summed E-state index contributed by atoms with van der Waals surface area (Å²) in [7, 11) is 0. The van der Waals surface area contributed by atoms with Crippen molar-refractivity contribution in [3.8, 4) is 11.5 Å². The second-order valence-electron chi connectivity index (χ2n) is 7.80. The Kier molecular flexibility index (Phi) is 4.16. The van der Waals surface area contributed by atoms with Crippen molar-refractivity contribution < 1.29 is 14.6 Å². The number of phenolic OH excluding ortho intramolecular Hbond substituents is 1. The number of carbonyl (C=O) groups is 1. The molecule has 1 aromatic rings. The first-order valence-corrected chi connectivity index (χ1v) is 8.93. The van der Waals surface area contributed by atoms with E-state index in [4.69, 9.17) is 4.74 Å². The van der Waals surface area contributed by atoms with Crippen molar-refractivity contribution in [1.82, 2.24) is 0 Å². The maximum atomic E-state index is 12.9. The first kappa shape index (κ1) is 16.4. The summed E-state index contributed by atoms with van der Waals surface area (Å²) >= 11 is 0. The summed E-state index contributed by atoms with van der Waals surface area (Å²) in [6.45, 7) is 8.32. The number of ether oxygens (including phenoxy) is 1. The van der Waals surface area contributed by atoms with Crippen molar-refractivity contribution >= 4 is 5.78 Å². The molecule has 0 amide bonds. The molecule has 3 heteroatoms. The summed E-state index contributed by atoms with van der Waals surface area (Å²) in [4.78, 5) is 12.9. The third-order valence-corrected chi connectivity index (χ3v) is 5.68. The van der Waals surface area contributed by atoms with Gasteiger partial charge in [-0.2, -0.15) is 0 Å². The van der Waals surface area contributed by atoms with E-state index in [1.54, 1.807) is 0 Å². The van der Waals surface area contributed by atoms with Crippen LogP contribution < -0.4 is 4.74 Å². The molecule has 126 valence electrons. The molecule has 3 nitrogen and oxygen atoms in total. The van der Waals surface area contributed by atoms with Crippen LogP contribution in [0.2, 0.25) is 0 Å². The molecule has 1 aromatic carbocycles.